The normalized spacial score (nSPS) is 10.5. The van der Waals surface area contributed by atoms with E-state index < -0.39 is 0 Å². The molecule has 0 fully saturated rings. The first kappa shape index (κ1) is 17.7. The van der Waals surface area contributed by atoms with Crippen LogP contribution < -0.4 is 10.2 Å². The van der Waals surface area contributed by atoms with E-state index in [4.69, 9.17) is 5.26 Å². The van der Waals surface area contributed by atoms with Crippen LogP contribution in [0.15, 0.2) is 30.3 Å². The zero-order chi connectivity index (χ0) is 17.5. The van der Waals surface area contributed by atoms with Crippen LogP contribution in [-0.2, 0) is 6.42 Å². The van der Waals surface area contributed by atoms with Gasteiger partial charge in [-0.05, 0) is 44.4 Å². The van der Waals surface area contributed by atoms with Gasteiger partial charge in [0.15, 0.2) is 0 Å². The van der Waals surface area contributed by atoms with Crippen LogP contribution in [0.4, 0.5) is 17.5 Å². The largest absolute Gasteiger partial charge is 0.357 e. The lowest BCUT2D eigenvalue weighted by molar-refractivity contribution is 0.634. The molecule has 2 aromatic rings. The molecule has 0 saturated heterocycles. The molecule has 1 N–H and O–H groups in total. The minimum atomic E-state index is 0.527. The molecule has 0 aliphatic carbocycles. The van der Waals surface area contributed by atoms with Crippen molar-refractivity contribution in [3.63, 3.8) is 0 Å². The first-order valence-electron chi connectivity index (χ1n) is 8.45. The third-order valence-corrected chi connectivity index (χ3v) is 3.72. The average molecular weight is 323 g/mol. The number of anilines is 3. The Morgan fingerprint density at radius 2 is 1.92 bits per heavy atom. The molecular weight excluding hydrogens is 298 g/mol. The monoisotopic (exact) mass is 323 g/mol. The Balaban J connectivity index is 2.36. The Labute approximate surface area is 144 Å². The zero-order valence-corrected chi connectivity index (χ0v) is 14.9. The molecule has 0 spiro atoms. The van der Waals surface area contributed by atoms with Crippen molar-refractivity contribution in [2.45, 2.75) is 34.1 Å². The average Bonchev–Trinajstić information content (AvgIpc) is 2.55. The molecule has 0 saturated carbocycles. The van der Waals surface area contributed by atoms with Crippen LogP contribution in [0.1, 0.15) is 39.0 Å². The van der Waals surface area contributed by atoms with E-state index in [0.29, 0.717) is 17.4 Å². The van der Waals surface area contributed by atoms with Crippen molar-refractivity contribution in [3.05, 3.63) is 41.6 Å². The summed E-state index contributed by atoms with van der Waals surface area (Å²) in [4.78, 5) is 11.5. The van der Waals surface area contributed by atoms with Crippen molar-refractivity contribution in [2.75, 3.05) is 23.3 Å². The van der Waals surface area contributed by atoms with Gasteiger partial charge in [0, 0.05) is 30.5 Å². The molecule has 24 heavy (non-hydrogen) atoms. The standard InChI is InChI=1S/C19H25N5/c1-5-24(6-2)18-12-17(10-14(3)4)22-19(23-18)21-16-9-7-8-15(11-16)13-20/h7-9,11-12,14H,5-6,10H2,1-4H3,(H,21,22,23). The Morgan fingerprint density at radius 1 is 1.17 bits per heavy atom. The predicted molar refractivity (Wildman–Crippen MR) is 98.6 cm³/mol. The van der Waals surface area contributed by atoms with E-state index in [1.807, 2.05) is 12.1 Å². The summed E-state index contributed by atoms with van der Waals surface area (Å²) >= 11 is 0. The van der Waals surface area contributed by atoms with Gasteiger partial charge in [0.05, 0.1) is 11.6 Å². The minimum Gasteiger partial charge on any atom is -0.357 e. The molecule has 0 aliphatic rings. The molecule has 0 atom stereocenters. The van der Waals surface area contributed by atoms with E-state index in [1.165, 1.54) is 0 Å². The van der Waals surface area contributed by atoms with Gasteiger partial charge in [-0.3, -0.25) is 0 Å². The fourth-order valence-electron chi connectivity index (χ4n) is 2.57. The molecule has 0 radical (unpaired) electrons. The molecule has 5 heteroatoms. The molecule has 0 unspecified atom stereocenters. The molecule has 0 amide bonds. The van der Waals surface area contributed by atoms with Gasteiger partial charge in [-0.1, -0.05) is 19.9 Å². The van der Waals surface area contributed by atoms with Crippen LogP contribution in [-0.4, -0.2) is 23.1 Å². The van der Waals surface area contributed by atoms with Crippen molar-refractivity contribution >= 4 is 17.5 Å². The van der Waals surface area contributed by atoms with E-state index in [2.05, 4.69) is 60.0 Å². The number of aromatic nitrogens is 2. The number of nitriles is 1. The van der Waals surface area contributed by atoms with Gasteiger partial charge in [0.1, 0.15) is 5.82 Å². The minimum absolute atomic E-state index is 0.527. The van der Waals surface area contributed by atoms with Gasteiger partial charge in [-0.25, -0.2) is 4.98 Å². The number of benzene rings is 1. The highest BCUT2D eigenvalue weighted by molar-refractivity contribution is 5.58. The van der Waals surface area contributed by atoms with Gasteiger partial charge in [0.2, 0.25) is 5.95 Å². The number of nitrogens with zero attached hydrogens (tertiary/aromatic N) is 4. The van der Waals surface area contributed by atoms with Crippen LogP contribution in [0.3, 0.4) is 0 Å². The maximum atomic E-state index is 9.04. The van der Waals surface area contributed by atoms with E-state index in [9.17, 15) is 0 Å². The molecule has 1 heterocycles. The summed E-state index contributed by atoms with van der Waals surface area (Å²) in [5.74, 6) is 2.04. The topological polar surface area (TPSA) is 64.8 Å². The third-order valence-electron chi connectivity index (χ3n) is 3.72. The lowest BCUT2D eigenvalue weighted by atomic mass is 10.1. The lowest BCUT2D eigenvalue weighted by Gasteiger charge is -2.21. The Kier molecular flexibility index (Phi) is 6.14. The summed E-state index contributed by atoms with van der Waals surface area (Å²) in [6.45, 7) is 10.4. The second-order valence-corrected chi connectivity index (χ2v) is 6.13. The van der Waals surface area contributed by atoms with E-state index in [1.54, 1.807) is 12.1 Å². The maximum absolute atomic E-state index is 9.04. The third kappa shape index (κ3) is 4.69. The predicted octanol–water partition coefficient (Wildman–Crippen LogP) is 4.14. The number of rotatable bonds is 7. The fourth-order valence-corrected chi connectivity index (χ4v) is 2.57. The number of hydrogen-bond acceptors (Lipinski definition) is 5. The summed E-state index contributed by atoms with van der Waals surface area (Å²) in [5.41, 5.74) is 2.46. The Bertz CT molecular complexity index is 714. The summed E-state index contributed by atoms with van der Waals surface area (Å²) in [6, 6.07) is 11.6. The van der Waals surface area contributed by atoms with Crippen LogP contribution in [0.2, 0.25) is 0 Å². The van der Waals surface area contributed by atoms with Gasteiger partial charge >= 0.3 is 0 Å². The molecule has 0 aliphatic heterocycles. The molecule has 5 nitrogen and oxygen atoms in total. The quantitative estimate of drug-likeness (QED) is 0.829. The van der Waals surface area contributed by atoms with Crippen molar-refractivity contribution < 1.29 is 0 Å². The molecule has 2 rings (SSSR count). The van der Waals surface area contributed by atoms with Crippen molar-refractivity contribution in [2.24, 2.45) is 5.92 Å². The van der Waals surface area contributed by atoms with Crippen LogP contribution in [0.25, 0.3) is 0 Å². The second-order valence-electron chi connectivity index (χ2n) is 6.13. The van der Waals surface area contributed by atoms with Crippen LogP contribution >= 0.6 is 0 Å². The molecule has 1 aromatic carbocycles. The fraction of sp³-hybridized carbons (Fsp3) is 0.421. The summed E-state index contributed by atoms with van der Waals surface area (Å²) in [7, 11) is 0. The molecular formula is C19H25N5. The molecule has 126 valence electrons. The van der Waals surface area contributed by atoms with Crippen molar-refractivity contribution in [1.82, 2.24) is 9.97 Å². The first-order chi connectivity index (χ1) is 11.5. The summed E-state index contributed by atoms with van der Waals surface area (Å²) in [6.07, 6.45) is 0.906. The van der Waals surface area contributed by atoms with Crippen LogP contribution in [0, 0.1) is 17.2 Å². The van der Waals surface area contributed by atoms with E-state index in [0.717, 1.165) is 36.7 Å². The van der Waals surface area contributed by atoms with E-state index in [-0.39, 0.29) is 0 Å². The SMILES string of the molecule is CCN(CC)c1cc(CC(C)C)nc(Nc2cccc(C#N)c2)n1. The highest BCUT2D eigenvalue weighted by Gasteiger charge is 2.11. The molecule has 1 aromatic heterocycles. The highest BCUT2D eigenvalue weighted by atomic mass is 15.2. The van der Waals surface area contributed by atoms with E-state index >= 15 is 0 Å². The summed E-state index contributed by atoms with van der Waals surface area (Å²) < 4.78 is 0. The van der Waals surface area contributed by atoms with Gasteiger partial charge in [-0.2, -0.15) is 10.2 Å². The van der Waals surface area contributed by atoms with Gasteiger partial charge < -0.3 is 10.2 Å². The van der Waals surface area contributed by atoms with Gasteiger partial charge in [-0.15, -0.1) is 0 Å². The van der Waals surface area contributed by atoms with Crippen molar-refractivity contribution in [1.29, 1.82) is 5.26 Å². The number of hydrogen-bond donors (Lipinski definition) is 1. The van der Waals surface area contributed by atoms with Crippen molar-refractivity contribution in [3.8, 4) is 6.07 Å². The second kappa shape index (κ2) is 8.30. The zero-order valence-electron chi connectivity index (χ0n) is 14.9. The Hall–Kier alpha value is -2.61. The smallest absolute Gasteiger partial charge is 0.229 e. The first-order valence-corrected chi connectivity index (χ1v) is 8.45. The lowest BCUT2D eigenvalue weighted by Crippen LogP contribution is -2.24. The van der Waals surface area contributed by atoms with Gasteiger partial charge in [0.25, 0.3) is 0 Å². The van der Waals surface area contributed by atoms with Crippen LogP contribution in [0.5, 0.6) is 0 Å². The summed E-state index contributed by atoms with van der Waals surface area (Å²) in [5, 5.41) is 12.3. The molecule has 0 bridgehead atoms. The maximum Gasteiger partial charge on any atom is 0.229 e. The Morgan fingerprint density at radius 3 is 2.54 bits per heavy atom. The highest BCUT2D eigenvalue weighted by Crippen LogP contribution is 2.20. The number of nitrogens with one attached hydrogen (secondary N) is 1.